The summed E-state index contributed by atoms with van der Waals surface area (Å²) in [6.07, 6.45) is 1.84. The third-order valence-electron chi connectivity index (χ3n) is 6.27. The van der Waals surface area contributed by atoms with Crippen molar-refractivity contribution in [2.24, 2.45) is 0 Å². The minimum atomic E-state index is 0.267. The first-order valence-electron chi connectivity index (χ1n) is 9.87. The van der Waals surface area contributed by atoms with Crippen molar-refractivity contribution in [2.45, 2.75) is 38.4 Å². The van der Waals surface area contributed by atoms with Gasteiger partial charge in [-0.2, -0.15) is 0 Å². The van der Waals surface area contributed by atoms with E-state index in [2.05, 4.69) is 30.0 Å². The Labute approximate surface area is 172 Å². The fourth-order valence-corrected chi connectivity index (χ4v) is 4.85. The monoisotopic (exact) mass is 399 g/mol. The molecule has 4 rings (SSSR count). The Balaban J connectivity index is 1.84. The van der Waals surface area contributed by atoms with Crippen molar-refractivity contribution < 1.29 is 23.7 Å². The van der Waals surface area contributed by atoms with Crippen molar-refractivity contribution in [1.29, 1.82) is 0 Å². The lowest BCUT2D eigenvalue weighted by molar-refractivity contribution is 0.103. The van der Waals surface area contributed by atoms with Crippen LogP contribution >= 0.6 is 0 Å². The van der Waals surface area contributed by atoms with Crippen molar-refractivity contribution in [2.75, 3.05) is 35.5 Å². The highest BCUT2D eigenvalue weighted by Gasteiger charge is 2.39. The molecule has 0 saturated carbocycles. The van der Waals surface area contributed by atoms with E-state index >= 15 is 0 Å². The van der Waals surface area contributed by atoms with Gasteiger partial charge in [-0.05, 0) is 54.7 Å². The third-order valence-corrected chi connectivity index (χ3v) is 6.27. The molecule has 6 nitrogen and oxygen atoms in total. The molecule has 2 atom stereocenters. The summed E-state index contributed by atoms with van der Waals surface area (Å²) in [5.74, 6) is 3.69. The lowest BCUT2D eigenvalue weighted by atomic mass is 9.81. The molecule has 0 radical (unpaired) electrons. The maximum atomic E-state index is 5.76. The highest BCUT2D eigenvalue weighted by molar-refractivity contribution is 5.61. The Bertz CT molecular complexity index is 926. The van der Waals surface area contributed by atoms with Crippen molar-refractivity contribution in [1.82, 2.24) is 4.90 Å². The van der Waals surface area contributed by atoms with Crippen molar-refractivity contribution in [3.8, 4) is 28.7 Å². The number of rotatable bonds is 5. The first-order valence-corrected chi connectivity index (χ1v) is 9.87. The van der Waals surface area contributed by atoms with Gasteiger partial charge in [-0.3, -0.25) is 4.90 Å². The van der Waals surface area contributed by atoms with Gasteiger partial charge in [0.05, 0.1) is 35.5 Å². The SMILES string of the molecule is COc1cc2c(cc1OC)[C@@H]1Cc3cc(OC)c(OC)c(OC)c3CN1[C@H](C)C2. The summed E-state index contributed by atoms with van der Waals surface area (Å²) in [5, 5.41) is 0. The molecule has 0 aliphatic carbocycles. The Hall–Kier alpha value is -2.60. The molecule has 0 bridgehead atoms. The average Bonchev–Trinajstić information content (AvgIpc) is 2.75. The molecule has 0 saturated heterocycles. The van der Waals surface area contributed by atoms with Gasteiger partial charge in [-0.25, -0.2) is 0 Å². The molecule has 0 unspecified atom stereocenters. The van der Waals surface area contributed by atoms with Gasteiger partial charge in [0.25, 0.3) is 0 Å². The van der Waals surface area contributed by atoms with Crippen LogP contribution in [0.5, 0.6) is 28.7 Å². The Kier molecular flexibility index (Phi) is 5.21. The molecule has 0 N–H and O–H groups in total. The van der Waals surface area contributed by atoms with Gasteiger partial charge < -0.3 is 23.7 Å². The Morgan fingerprint density at radius 1 is 0.724 bits per heavy atom. The van der Waals surface area contributed by atoms with Gasteiger partial charge >= 0.3 is 0 Å². The number of hydrogen-bond acceptors (Lipinski definition) is 6. The molecule has 156 valence electrons. The zero-order valence-corrected chi connectivity index (χ0v) is 18.0. The van der Waals surface area contributed by atoms with E-state index in [-0.39, 0.29) is 6.04 Å². The second kappa shape index (κ2) is 7.67. The van der Waals surface area contributed by atoms with E-state index in [1.165, 1.54) is 22.3 Å². The van der Waals surface area contributed by atoms with Gasteiger partial charge in [-0.15, -0.1) is 0 Å². The smallest absolute Gasteiger partial charge is 0.203 e. The summed E-state index contributed by atoms with van der Waals surface area (Å²) < 4.78 is 28.1. The number of benzene rings is 2. The third kappa shape index (κ3) is 3.06. The van der Waals surface area contributed by atoms with Gasteiger partial charge in [0, 0.05) is 24.2 Å². The summed E-state index contributed by atoms with van der Waals surface area (Å²) in [7, 11) is 8.37. The number of fused-ring (bicyclic) bond motifs is 4. The molecule has 29 heavy (non-hydrogen) atoms. The molecule has 0 amide bonds. The molecule has 0 aromatic heterocycles. The summed E-state index contributed by atoms with van der Waals surface area (Å²) in [6.45, 7) is 3.09. The molecule has 2 heterocycles. The molecule has 6 heteroatoms. The highest BCUT2D eigenvalue weighted by atomic mass is 16.5. The van der Waals surface area contributed by atoms with Crippen molar-refractivity contribution in [3.63, 3.8) is 0 Å². The maximum absolute atomic E-state index is 5.76. The average molecular weight is 399 g/mol. The summed E-state index contributed by atoms with van der Waals surface area (Å²) in [4.78, 5) is 2.55. The maximum Gasteiger partial charge on any atom is 0.203 e. The molecule has 2 aliphatic heterocycles. The molecular weight excluding hydrogens is 370 g/mol. The van der Waals surface area contributed by atoms with Gasteiger partial charge in [0.1, 0.15) is 0 Å². The molecule has 2 aliphatic rings. The van der Waals surface area contributed by atoms with Crippen molar-refractivity contribution in [3.05, 3.63) is 40.5 Å². The van der Waals surface area contributed by atoms with Crippen LogP contribution in [-0.4, -0.2) is 46.5 Å². The predicted molar refractivity (Wildman–Crippen MR) is 111 cm³/mol. The quantitative estimate of drug-likeness (QED) is 0.763. The largest absolute Gasteiger partial charge is 0.493 e. The summed E-state index contributed by atoms with van der Waals surface area (Å²) >= 11 is 0. The van der Waals surface area contributed by atoms with Crippen molar-refractivity contribution >= 4 is 0 Å². The fraction of sp³-hybridized carbons (Fsp3) is 0.478. The van der Waals surface area contributed by atoms with E-state index in [1.54, 1.807) is 35.5 Å². The zero-order valence-electron chi connectivity index (χ0n) is 18.0. The van der Waals surface area contributed by atoms with Crippen LogP contribution in [0.3, 0.4) is 0 Å². The second-order valence-corrected chi connectivity index (χ2v) is 7.63. The Morgan fingerprint density at radius 2 is 1.34 bits per heavy atom. The zero-order chi connectivity index (χ0) is 20.7. The van der Waals surface area contributed by atoms with Crippen LogP contribution in [0, 0.1) is 0 Å². The van der Waals surface area contributed by atoms with E-state index in [0.717, 1.165) is 36.6 Å². The summed E-state index contributed by atoms with van der Waals surface area (Å²) in [6, 6.07) is 7.03. The van der Waals surface area contributed by atoms with Crippen LogP contribution in [0.4, 0.5) is 0 Å². The van der Waals surface area contributed by atoms with Crippen LogP contribution in [0.2, 0.25) is 0 Å². The molecule has 2 aromatic rings. The first-order chi connectivity index (χ1) is 14.1. The van der Waals surface area contributed by atoms with Crippen LogP contribution < -0.4 is 23.7 Å². The topological polar surface area (TPSA) is 49.4 Å². The molecular formula is C23H29NO5. The van der Waals surface area contributed by atoms with Crippen LogP contribution in [0.15, 0.2) is 18.2 Å². The van der Waals surface area contributed by atoms with E-state index in [9.17, 15) is 0 Å². The fourth-order valence-electron chi connectivity index (χ4n) is 4.85. The minimum Gasteiger partial charge on any atom is -0.493 e. The molecule has 2 aromatic carbocycles. The highest BCUT2D eigenvalue weighted by Crippen LogP contribution is 2.49. The lowest BCUT2D eigenvalue weighted by Crippen LogP contribution is -2.45. The van der Waals surface area contributed by atoms with E-state index in [4.69, 9.17) is 23.7 Å². The van der Waals surface area contributed by atoms with Crippen LogP contribution in [0.1, 0.15) is 35.2 Å². The van der Waals surface area contributed by atoms with E-state index in [1.807, 2.05) is 0 Å². The number of nitrogens with zero attached hydrogens (tertiary/aromatic N) is 1. The Morgan fingerprint density at radius 3 is 1.97 bits per heavy atom. The van der Waals surface area contributed by atoms with E-state index in [0.29, 0.717) is 17.5 Å². The minimum absolute atomic E-state index is 0.267. The van der Waals surface area contributed by atoms with E-state index < -0.39 is 0 Å². The number of ether oxygens (including phenoxy) is 5. The normalized spacial score (nSPS) is 20.2. The summed E-state index contributed by atoms with van der Waals surface area (Å²) in [5.41, 5.74) is 5.04. The van der Waals surface area contributed by atoms with Gasteiger partial charge in [-0.1, -0.05) is 0 Å². The lowest BCUT2D eigenvalue weighted by Gasteiger charge is -2.46. The number of methoxy groups -OCH3 is 5. The first kappa shape index (κ1) is 19.7. The number of hydrogen-bond donors (Lipinski definition) is 0. The van der Waals surface area contributed by atoms with Crippen LogP contribution in [-0.2, 0) is 19.4 Å². The second-order valence-electron chi connectivity index (χ2n) is 7.63. The molecule has 0 spiro atoms. The van der Waals surface area contributed by atoms with Gasteiger partial charge in [0.15, 0.2) is 23.0 Å². The standard InChI is InChI=1S/C23H29NO5/c1-13-7-14-9-19(25-2)20(26-3)11-16(14)18-8-15-10-21(27-4)23(29-6)22(28-5)17(15)12-24(13)18/h9-11,13,18H,7-8,12H2,1-6H3/t13-,18+/m1/s1. The molecule has 0 fully saturated rings. The predicted octanol–water partition coefficient (Wildman–Crippen LogP) is 3.77. The van der Waals surface area contributed by atoms with Crippen LogP contribution in [0.25, 0.3) is 0 Å². The van der Waals surface area contributed by atoms with Gasteiger partial charge in [0.2, 0.25) is 5.75 Å².